The van der Waals surface area contributed by atoms with Gasteiger partial charge in [0.05, 0.1) is 17.2 Å². The first-order valence-electron chi connectivity index (χ1n) is 8.88. The molecule has 5 atom stereocenters. The van der Waals surface area contributed by atoms with Crippen molar-refractivity contribution in [3.05, 3.63) is 54.1 Å². The summed E-state index contributed by atoms with van der Waals surface area (Å²) in [6.07, 6.45) is -6.98. The topological polar surface area (TPSA) is 146 Å². The largest absolute Gasteiger partial charge is 0.462 e. The molecule has 1 fully saturated rings. The van der Waals surface area contributed by atoms with Crippen LogP contribution in [0.2, 0.25) is 0 Å². The van der Waals surface area contributed by atoms with E-state index in [4.69, 9.17) is 9.47 Å². The van der Waals surface area contributed by atoms with Gasteiger partial charge in [0.1, 0.15) is 30.2 Å². The summed E-state index contributed by atoms with van der Waals surface area (Å²) in [5, 5.41) is 38.9. The summed E-state index contributed by atoms with van der Waals surface area (Å²) in [6.45, 7) is 1.10. The number of benzene rings is 2. The number of hydrogen-bond donors (Lipinski definition) is 5. The number of anilines is 1. The molecule has 2 aromatic carbocycles. The van der Waals surface area contributed by atoms with Crippen molar-refractivity contribution in [3.8, 4) is 5.75 Å². The molecule has 3 rings (SSSR count). The normalized spacial score (nSPS) is 27.4. The van der Waals surface area contributed by atoms with Crippen molar-refractivity contribution >= 4 is 15.7 Å². The number of nitrogens with one attached hydrogen (secondary N) is 1. The minimum atomic E-state index is -3.75. The van der Waals surface area contributed by atoms with Gasteiger partial charge in [-0.1, -0.05) is 18.2 Å². The molecule has 10 heteroatoms. The molecule has 1 heterocycles. The zero-order chi connectivity index (χ0) is 21.2. The van der Waals surface area contributed by atoms with Crippen LogP contribution in [0.25, 0.3) is 0 Å². The second kappa shape index (κ2) is 8.66. The molecule has 1 saturated heterocycles. The number of aliphatic hydroxyl groups excluding tert-OH is 4. The number of sulfonamides is 1. The number of aliphatic hydroxyl groups is 4. The molecule has 2 aromatic rings. The Balaban J connectivity index is 1.74. The molecule has 0 bridgehead atoms. The molecule has 1 aliphatic heterocycles. The Morgan fingerprint density at radius 2 is 1.72 bits per heavy atom. The Bertz CT molecular complexity index is 934. The van der Waals surface area contributed by atoms with E-state index in [1.54, 1.807) is 25.1 Å². The van der Waals surface area contributed by atoms with E-state index in [2.05, 4.69) is 4.72 Å². The fraction of sp³-hybridized carbons (Fsp3) is 0.368. The second-order valence-corrected chi connectivity index (χ2v) is 8.39. The molecule has 9 nitrogen and oxygen atoms in total. The van der Waals surface area contributed by atoms with E-state index >= 15 is 0 Å². The highest BCUT2D eigenvalue weighted by molar-refractivity contribution is 7.92. The Morgan fingerprint density at radius 1 is 1.03 bits per heavy atom. The summed E-state index contributed by atoms with van der Waals surface area (Å²) in [4.78, 5) is 0.126. The van der Waals surface area contributed by atoms with Crippen LogP contribution in [0.4, 0.5) is 5.69 Å². The Labute approximate surface area is 168 Å². The molecule has 0 spiro atoms. The first-order chi connectivity index (χ1) is 13.7. The molecule has 5 unspecified atom stereocenters. The first-order valence-corrected chi connectivity index (χ1v) is 10.4. The predicted octanol–water partition coefficient (Wildman–Crippen LogP) is -0.0255. The van der Waals surface area contributed by atoms with Gasteiger partial charge in [-0.3, -0.25) is 4.72 Å². The smallest absolute Gasteiger partial charge is 0.261 e. The third kappa shape index (κ3) is 4.69. The lowest BCUT2D eigenvalue weighted by Gasteiger charge is -2.39. The van der Waals surface area contributed by atoms with E-state index in [0.717, 1.165) is 0 Å². The summed E-state index contributed by atoms with van der Waals surface area (Å²) in [6, 6.07) is 12.4. The van der Waals surface area contributed by atoms with Crippen LogP contribution in [0.5, 0.6) is 5.75 Å². The van der Waals surface area contributed by atoms with Crippen LogP contribution in [0.15, 0.2) is 53.4 Å². The van der Waals surface area contributed by atoms with Gasteiger partial charge in [0.15, 0.2) is 0 Å². The molecule has 0 aromatic heterocycles. The van der Waals surface area contributed by atoms with E-state index in [9.17, 15) is 28.8 Å². The Morgan fingerprint density at radius 3 is 2.34 bits per heavy atom. The van der Waals surface area contributed by atoms with Crippen LogP contribution in [0, 0.1) is 6.92 Å². The van der Waals surface area contributed by atoms with Crippen molar-refractivity contribution in [2.75, 3.05) is 11.3 Å². The van der Waals surface area contributed by atoms with Crippen molar-refractivity contribution in [3.63, 3.8) is 0 Å². The Hall–Kier alpha value is -2.21. The summed E-state index contributed by atoms with van der Waals surface area (Å²) >= 11 is 0. The highest BCUT2D eigenvalue weighted by atomic mass is 32.2. The fourth-order valence-corrected chi connectivity index (χ4v) is 4.08. The summed E-state index contributed by atoms with van der Waals surface area (Å²) in [7, 11) is -3.75. The van der Waals surface area contributed by atoms with Crippen molar-refractivity contribution in [1.82, 2.24) is 0 Å². The number of hydrogen-bond acceptors (Lipinski definition) is 8. The van der Waals surface area contributed by atoms with Gasteiger partial charge in [0.25, 0.3) is 10.0 Å². The van der Waals surface area contributed by atoms with E-state index in [-0.39, 0.29) is 10.6 Å². The lowest BCUT2D eigenvalue weighted by atomic mass is 9.99. The SMILES string of the molecule is Cc1cc(OC2OC(CO)C(O)C(O)C2O)ccc1NS(=O)(=O)c1ccccc1. The molecular weight excluding hydrogens is 402 g/mol. The molecule has 0 amide bonds. The molecule has 0 aliphatic carbocycles. The van der Waals surface area contributed by atoms with Gasteiger partial charge in [0.2, 0.25) is 6.29 Å². The fourth-order valence-electron chi connectivity index (χ4n) is 2.93. The quantitative estimate of drug-likeness (QED) is 0.434. The van der Waals surface area contributed by atoms with E-state index in [0.29, 0.717) is 11.3 Å². The van der Waals surface area contributed by atoms with Gasteiger partial charge in [-0.15, -0.1) is 0 Å². The zero-order valence-corrected chi connectivity index (χ0v) is 16.4. The van der Waals surface area contributed by atoms with Crippen molar-refractivity contribution in [1.29, 1.82) is 0 Å². The van der Waals surface area contributed by atoms with Gasteiger partial charge < -0.3 is 29.9 Å². The van der Waals surface area contributed by atoms with Crippen molar-refractivity contribution < 1.29 is 38.3 Å². The standard InChI is InChI=1S/C19H23NO8S/c1-11-9-12(27-19-18(24)17(23)16(22)15(10-21)28-19)7-8-14(11)20-29(25,26)13-5-3-2-4-6-13/h2-9,15-24H,10H2,1H3. The highest BCUT2D eigenvalue weighted by Gasteiger charge is 2.44. The maximum atomic E-state index is 12.5. The average Bonchev–Trinajstić information content (AvgIpc) is 2.71. The number of rotatable bonds is 6. The van der Waals surface area contributed by atoms with Crippen molar-refractivity contribution in [2.45, 2.75) is 42.5 Å². The summed E-state index contributed by atoms with van der Waals surface area (Å²) in [5.74, 6) is 0.245. The Kier molecular flexibility index (Phi) is 6.42. The van der Waals surface area contributed by atoms with Gasteiger partial charge in [-0.05, 0) is 42.8 Å². The second-order valence-electron chi connectivity index (χ2n) is 6.71. The van der Waals surface area contributed by atoms with Gasteiger partial charge in [-0.25, -0.2) is 8.42 Å². The van der Waals surface area contributed by atoms with E-state index in [1.165, 1.54) is 30.3 Å². The minimum Gasteiger partial charge on any atom is -0.462 e. The van der Waals surface area contributed by atoms with Crippen LogP contribution in [0.1, 0.15) is 5.56 Å². The number of aryl methyl sites for hydroxylation is 1. The molecular formula is C19H23NO8S. The van der Waals surface area contributed by atoms with E-state index < -0.39 is 47.3 Å². The number of ether oxygens (including phenoxy) is 2. The van der Waals surface area contributed by atoms with Crippen LogP contribution < -0.4 is 9.46 Å². The van der Waals surface area contributed by atoms with Gasteiger partial charge in [0, 0.05) is 0 Å². The maximum Gasteiger partial charge on any atom is 0.261 e. The van der Waals surface area contributed by atoms with Crippen LogP contribution >= 0.6 is 0 Å². The molecule has 0 saturated carbocycles. The third-order valence-corrected chi connectivity index (χ3v) is 5.98. The maximum absolute atomic E-state index is 12.5. The zero-order valence-electron chi connectivity index (χ0n) is 15.5. The summed E-state index contributed by atoms with van der Waals surface area (Å²) < 4.78 is 38.3. The van der Waals surface area contributed by atoms with Crippen LogP contribution in [0.3, 0.4) is 0 Å². The molecule has 29 heavy (non-hydrogen) atoms. The summed E-state index contributed by atoms with van der Waals surface area (Å²) in [5.41, 5.74) is 0.890. The lowest BCUT2D eigenvalue weighted by Crippen LogP contribution is -2.60. The van der Waals surface area contributed by atoms with Crippen LogP contribution in [-0.2, 0) is 14.8 Å². The molecule has 0 radical (unpaired) electrons. The monoisotopic (exact) mass is 425 g/mol. The minimum absolute atomic E-state index is 0.126. The lowest BCUT2D eigenvalue weighted by molar-refractivity contribution is -0.277. The average molecular weight is 425 g/mol. The van der Waals surface area contributed by atoms with Gasteiger partial charge in [-0.2, -0.15) is 0 Å². The molecule has 5 N–H and O–H groups in total. The molecule has 1 aliphatic rings. The van der Waals surface area contributed by atoms with Gasteiger partial charge >= 0.3 is 0 Å². The van der Waals surface area contributed by atoms with E-state index in [1.807, 2.05) is 0 Å². The van der Waals surface area contributed by atoms with Crippen LogP contribution in [-0.4, -0.2) is 66.2 Å². The van der Waals surface area contributed by atoms with Crippen molar-refractivity contribution in [2.24, 2.45) is 0 Å². The predicted molar refractivity (Wildman–Crippen MR) is 103 cm³/mol. The highest BCUT2D eigenvalue weighted by Crippen LogP contribution is 2.28. The first kappa shape index (κ1) is 21.5. The molecule has 158 valence electrons. The third-order valence-electron chi connectivity index (χ3n) is 4.60.